The van der Waals surface area contributed by atoms with Gasteiger partial charge in [-0.3, -0.25) is 9.59 Å². The quantitative estimate of drug-likeness (QED) is 0.516. The molecule has 2 unspecified atom stereocenters. The summed E-state index contributed by atoms with van der Waals surface area (Å²) in [4.78, 5) is 37.4. The van der Waals surface area contributed by atoms with Gasteiger partial charge in [0.2, 0.25) is 0 Å². The van der Waals surface area contributed by atoms with E-state index in [1.54, 1.807) is 24.3 Å². The predicted octanol–water partition coefficient (Wildman–Crippen LogP) is 4.55. The molecule has 0 radical (unpaired) electrons. The molecule has 0 saturated heterocycles. The van der Waals surface area contributed by atoms with Gasteiger partial charge in [0.25, 0.3) is 0 Å². The number of ketones is 2. The first kappa shape index (κ1) is 20.9. The number of carbonyl (C=O) groups is 3. The summed E-state index contributed by atoms with van der Waals surface area (Å²) in [5, 5.41) is 10.9. The maximum Gasteiger partial charge on any atom is 0.145 e. The zero-order chi connectivity index (χ0) is 21.0. The molecule has 0 bridgehead atoms. The van der Waals surface area contributed by atoms with Crippen molar-refractivity contribution in [2.45, 2.75) is 37.0 Å². The second-order valence-electron chi connectivity index (χ2n) is 7.22. The van der Waals surface area contributed by atoms with Crippen molar-refractivity contribution in [2.75, 3.05) is 0 Å². The standard InChI is InChI=1S/C23H19ClFNO3/c24-17-9-7-15(8-10-17)19(11-12-27)23(14-26,16-3-1-4-18(25)13-16)22-20(28)5-2-6-21(22)29/h1,3-4,7-10,12-13,19,22H,2,5-6,11H2. The lowest BCUT2D eigenvalue weighted by Gasteiger charge is -2.41. The molecule has 1 aliphatic carbocycles. The smallest absolute Gasteiger partial charge is 0.145 e. The van der Waals surface area contributed by atoms with Crippen LogP contribution in [0, 0.1) is 23.1 Å². The SMILES string of the molecule is N#CC(c1cccc(F)c1)(C1C(=O)CCCC1=O)C(CC=O)c1ccc(Cl)cc1. The van der Waals surface area contributed by atoms with E-state index in [1.807, 2.05) is 0 Å². The average molecular weight is 412 g/mol. The summed E-state index contributed by atoms with van der Waals surface area (Å²) in [5.74, 6) is -3.36. The zero-order valence-corrected chi connectivity index (χ0v) is 16.4. The number of hydrogen-bond acceptors (Lipinski definition) is 4. The Labute approximate surface area is 173 Å². The number of rotatable bonds is 6. The van der Waals surface area contributed by atoms with E-state index in [9.17, 15) is 24.0 Å². The average Bonchev–Trinajstić information content (AvgIpc) is 2.70. The summed E-state index contributed by atoms with van der Waals surface area (Å²) in [5.41, 5.74) is -0.903. The third-order valence-electron chi connectivity index (χ3n) is 5.59. The maximum absolute atomic E-state index is 14.1. The summed E-state index contributed by atoms with van der Waals surface area (Å²) in [6, 6.07) is 14.1. The van der Waals surface area contributed by atoms with Gasteiger partial charge in [0, 0.05) is 30.2 Å². The minimum atomic E-state index is -1.70. The lowest BCUT2D eigenvalue weighted by Crippen LogP contribution is -2.49. The molecule has 2 aromatic carbocycles. The molecule has 6 heteroatoms. The highest BCUT2D eigenvalue weighted by Crippen LogP contribution is 2.49. The van der Waals surface area contributed by atoms with Crippen molar-refractivity contribution < 1.29 is 18.8 Å². The van der Waals surface area contributed by atoms with Crippen LogP contribution in [0.1, 0.15) is 42.7 Å². The number of halogens is 2. The van der Waals surface area contributed by atoms with Crippen molar-refractivity contribution in [1.82, 2.24) is 0 Å². The molecule has 29 heavy (non-hydrogen) atoms. The maximum atomic E-state index is 14.1. The van der Waals surface area contributed by atoms with Gasteiger partial charge in [0.15, 0.2) is 0 Å². The number of benzene rings is 2. The zero-order valence-electron chi connectivity index (χ0n) is 15.6. The summed E-state index contributed by atoms with van der Waals surface area (Å²) >= 11 is 5.98. The Kier molecular flexibility index (Phi) is 6.24. The van der Waals surface area contributed by atoms with Crippen molar-refractivity contribution in [2.24, 2.45) is 5.92 Å². The van der Waals surface area contributed by atoms with E-state index in [0.717, 1.165) is 0 Å². The van der Waals surface area contributed by atoms with E-state index < -0.39 is 23.1 Å². The van der Waals surface area contributed by atoms with Crippen LogP contribution >= 0.6 is 11.6 Å². The fourth-order valence-electron chi connectivity index (χ4n) is 4.31. The fourth-order valence-corrected chi connectivity index (χ4v) is 4.44. The van der Waals surface area contributed by atoms with Crippen molar-refractivity contribution in [1.29, 1.82) is 5.26 Å². The Bertz CT molecular complexity index is 966. The summed E-state index contributed by atoms with van der Waals surface area (Å²) in [6.07, 6.45) is 1.32. The first-order chi connectivity index (χ1) is 13.9. The van der Waals surface area contributed by atoms with Gasteiger partial charge in [0.1, 0.15) is 29.1 Å². The minimum absolute atomic E-state index is 0.108. The Morgan fingerprint density at radius 2 is 1.83 bits per heavy atom. The van der Waals surface area contributed by atoms with Crippen molar-refractivity contribution in [3.8, 4) is 6.07 Å². The number of nitrogens with zero attached hydrogens (tertiary/aromatic N) is 1. The van der Waals surface area contributed by atoms with Gasteiger partial charge < -0.3 is 4.79 Å². The van der Waals surface area contributed by atoms with E-state index in [1.165, 1.54) is 24.3 Å². The summed E-state index contributed by atoms with van der Waals surface area (Å²) in [6.45, 7) is 0. The van der Waals surface area contributed by atoms with Gasteiger partial charge in [-0.05, 0) is 41.8 Å². The van der Waals surface area contributed by atoms with Crippen LogP contribution in [-0.4, -0.2) is 17.9 Å². The molecule has 1 aliphatic rings. The molecule has 4 nitrogen and oxygen atoms in total. The van der Waals surface area contributed by atoms with E-state index in [-0.39, 0.29) is 36.4 Å². The van der Waals surface area contributed by atoms with E-state index in [2.05, 4.69) is 6.07 Å². The lowest BCUT2D eigenvalue weighted by atomic mass is 9.56. The Balaban J connectivity index is 2.31. The van der Waals surface area contributed by atoms with Crippen molar-refractivity contribution >= 4 is 29.5 Å². The predicted molar refractivity (Wildman–Crippen MR) is 106 cm³/mol. The molecule has 2 aromatic rings. The lowest BCUT2D eigenvalue weighted by molar-refractivity contribution is -0.138. The van der Waals surface area contributed by atoms with E-state index in [0.29, 0.717) is 23.3 Å². The van der Waals surface area contributed by atoms with Crippen molar-refractivity contribution in [3.05, 3.63) is 70.5 Å². The minimum Gasteiger partial charge on any atom is -0.303 e. The van der Waals surface area contributed by atoms with Gasteiger partial charge in [0.05, 0.1) is 12.0 Å². The van der Waals surface area contributed by atoms with Crippen LogP contribution in [-0.2, 0) is 19.8 Å². The molecule has 0 amide bonds. The highest BCUT2D eigenvalue weighted by molar-refractivity contribution is 6.30. The molecule has 148 valence electrons. The first-order valence-corrected chi connectivity index (χ1v) is 9.73. The fraction of sp³-hybridized carbons (Fsp3) is 0.304. The molecule has 0 aliphatic heterocycles. The molecule has 1 fully saturated rings. The Morgan fingerprint density at radius 1 is 1.17 bits per heavy atom. The van der Waals surface area contributed by atoms with E-state index >= 15 is 0 Å². The number of aldehydes is 1. The second kappa shape index (κ2) is 8.67. The molecule has 0 spiro atoms. The molecule has 0 heterocycles. The van der Waals surface area contributed by atoms with Crippen LogP contribution < -0.4 is 0 Å². The number of Topliss-reactive ketones (excluding diaryl/α,β-unsaturated/α-hetero) is 2. The summed E-state index contributed by atoms with van der Waals surface area (Å²) in [7, 11) is 0. The van der Waals surface area contributed by atoms with Crippen LogP contribution in [0.3, 0.4) is 0 Å². The Morgan fingerprint density at radius 3 is 2.38 bits per heavy atom. The molecule has 1 saturated carbocycles. The highest BCUT2D eigenvalue weighted by atomic mass is 35.5. The van der Waals surface area contributed by atoms with Crippen LogP contribution in [0.5, 0.6) is 0 Å². The molecule has 2 atom stereocenters. The third kappa shape index (κ3) is 3.86. The van der Waals surface area contributed by atoms with Crippen LogP contribution in [0.4, 0.5) is 4.39 Å². The number of nitriles is 1. The number of carbonyl (C=O) groups excluding carboxylic acids is 3. The first-order valence-electron chi connectivity index (χ1n) is 9.36. The van der Waals surface area contributed by atoms with Gasteiger partial charge in [-0.2, -0.15) is 5.26 Å². The summed E-state index contributed by atoms with van der Waals surface area (Å²) < 4.78 is 14.1. The molecule has 0 aromatic heterocycles. The molecule has 3 rings (SSSR count). The van der Waals surface area contributed by atoms with Gasteiger partial charge in [-0.1, -0.05) is 35.9 Å². The van der Waals surface area contributed by atoms with Gasteiger partial charge in [-0.15, -0.1) is 0 Å². The molecular formula is C23H19ClFNO3. The van der Waals surface area contributed by atoms with Crippen molar-refractivity contribution in [3.63, 3.8) is 0 Å². The second-order valence-corrected chi connectivity index (χ2v) is 7.65. The van der Waals surface area contributed by atoms with Gasteiger partial charge >= 0.3 is 0 Å². The third-order valence-corrected chi connectivity index (χ3v) is 5.84. The molecule has 0 N–H and O–H groups in total. The number of hydrogen-bond donors (Lipinski definition) is 0. The largest absolute Gasteiger partial charge is 0.303 e. The van der Waals surface area contributed by atoms with Crippen LogP contribution in [0.25, 0.3) is 0 Å². The normalized spacial score (nSPS) is 18.0. The highest BCUT2D eigenvalue weighted by Gasteiger charge is 2.54. The van der Waals surface area contributed by atoms with Gasteiger partial charge in [-0.25, -0.2) is 4.39 Å². The van der Waals surface area contributed by atoms with E-state index in [4.69, 9.17) is 11.6 Å². The topological polar surface area (TPSA) is 75.0 Å². The molecular weight excluding hydrogens is 393 g/mol. The van der Waals surface area contributed by atoms with Crippen LogP contribution in [0.15, 0.2) is 48.5 Å². The monoisotopic (exact) mass is 411 g/mol. The van der Waals surface area contributed by atoms with Crippen LogP contribution in [0.2, 0.25) is 5.02 Å². The Hall–Kier alpha value is -2.84.